The van der Waals surface area contributed by atoms with E-state index in [1.807, 2.05) is 0 Å². The third kappa shape index (κ3) is 74.7. The summed E-state index contributed by atoms with van der Waals surface area (Å²) in [4.78, 5) is 58.5. The van der Waals surface area contributed by atoms with Crippen LogP contribution in [0.15, 0.2) is 134 Å². The molecule has 0 aromatic heterocycles. The topological polar surface area (TPSA) is 231 Å². The van der Waals surface area contributed by atoms with Gasteiger partial charge in [0.05, 0.1) is 26.4 Å². The van der Waals surface area contributed by atoms with Crippen molar-refractivity contribution >= 4 is 33.6 Å². The van der Waals surface area contributed by atoms with Gasteiger partial charge in [-0.05, 0) is 128 Å². The Balaban J connectivity index is 4.46. The van der Waals surface area contributed by atoms with Gasteiger partial charge in [-0.15, -0.1) is 0 Å². The number of carbonyl (C=O) groups excluding carboxylic acids is 3. The van der Waals surface area contributed by atoms with E-state index in [0.717, 1.165) is 167 Å². The Bertz CT molecular complexity index is 2330. The first-order valence-corrected chi connectivity index (χ1v) is 41.5. The molecule has 0 amide bonds. The Kier molecular flexibility index (Phi) is 70.2. The molecule has 16 nitrogen and oxygen atoms in total. The third-order valence-corrected chi connectivity index (χ3v) is 17.8. The van der Waals surface area contributed by atoms with E-state index in [1.165, 1.54) is 77.0 Å². The smallest absolute Gasteiger partial charge is 0.463 e. The SMILES string of the molecule is CC/C=C\C/C=C\C/C=C\C/C=C\C/C=C\CCCCCCCCCCCCCCCCCC(=O)OCC(O)COP(=O)(O)OCC(O)COP(=O)(O)OCC(COC(=O)CCCCCCCCC/C=C\C/C=C\C/C=C\CC)OC(=O)CCCCCCC/C=C\C/C=C\C/C=C\CC. The van der Waals surface area contributed by atoms with E-state index in [4.69, 9.17) is 32.3 Å². The quantitative estimate of drug-likeness (QED) is 0.0146. The molecule has 0 aliphatic heterocycles. The molecule has 0 aromatic rings. The van der Waals surface area contributed by atoms with Crippen LogP contribution in [0.5, 0.6) is 0 Å². The second-order valence-electron chi connectivity index (χ2n) is 25.4. The number of hydrogen-bond acceptors (Lipinski definition) is 14. The minimum Gasteiger partial charge on any atom is -0.463 e. The Morgan fingerprint density at radius 3 is 0.798 bits per heavy atom. The highest BCUT2D eigenvalue weighted by molar-refractivity contribution is 7.47. The predicted molar refractivity (Wildman–Crippen MR) is 408 cm³/mol. The lowest BCUT2D eigenvalue weighted by Gasteiger charge is -2.21. The van der Waals surface area contributed by atoms with E-state index in [1.54, 1.807) is 0 Å². The number of esters is 3. The molecule has 18 heteroatoms. The molecule has 4 N–H and O–H groups in total. The fourth-order valence-corrected chi connectivity index (χ4v) is 11.7. The van der Waals surface area contributed by atoms with Gasteiger partial charge in [-0.2, -0.15) is 0 Å². The molecule has 0 aromatic carbocycles. The summed E-state index contributed by atoms with van der Waals surface area (Å²) in [6.45, 7) is 2.32. The van der Waals surface area contributed by atoms with Crippen molar-refractivity contribution in [2.45, 2.75) is 322 Å². The minimum absolute atomic E-state index is 0.0806. The van der Waals surface area contributed by atoms with Gasteiger partial charge in [0, 0.05) is 19.3 Å². The van der Waals surface area contributed by atoms with E-state index >= 15 is 0 Å². The Morgan fingerprint density at radius 1 is 0.283 bits per heavy atom. The molecule has 5 atom stereocenters. The number of aliphatic hydroxyl groups is 2. The number of carbonyl (C=O) groups is 3. The summed E-state index contributed by atoms with van der Waals surface area (Å²) in [5.41, 5.74) is 0. The maximum atomic E-state index is 12.9. The molecule has 99 heavy (non-hydrogen) atoms. The molecule has 0 saturated heterocycles. The van der Waals surface area contributed by atoms with Gasteiger partial charge in [-0.25, -0.2) is 9.13 Å². The molecular weight excluding hydrogens is 1290 g/mol. The first-order valence-electron chi connectivity index (χ1n) is 38.5. The van der Waals surface area contributed by atoms with Crippen LogP contribution in [0.1, 0.15) is 303 Å². The van der Waals surface area contributed by atoms with Crippen molar-refractivity contribution in [2.24, 2.45) is 0 Å². The van der Waals surface area contributed by atoms with Crippen LogP contribution in [0.3, 0.4) is 0 Å². The zero-order valence-electron chi connectivity index (χ0n) is 61.9. The molecule has 0 fully saturated rings. The Labute approximate surface area is 601 Å². The molecule has 0 radical (unpaired) electrons. The van der Waals surface area contributed by atoms with E-state index in [2.05, 4.69) is 154 Å². The Hall–Kier alpha value is -4.31. The molecule has 0 aliphatic rings. The van der Waals surface area contributed by atoms with Gasteiger partial charge in [0.25, 0.3) is 0 Å². The van der Waals surface area contributed by atoms with Gasteiger partial charge in [0.15, 0.2) is 6.10 Å². The molecule has 0 spiro atoms. The average molecular weight is 1430 g/mol. The van der Waals surface area contributed by atoms with E-state index in [-0.39, 0.29) is 19.3 Å². The second kappa shape index (κ2) is 73.4. The van der Waals surface area contributed by atoms with Crippen molar-refractivity contribution in [3.63, 3.8) is 0 Å². The number of rotatable bonds is 72. The van der Waals surface area contributed by atoms with Gasteiger partial charge in [-0.1, -0.05) is 289 Å². The average Bonchev–Trinajstić information content (AvgIpc) is 2.96. The normalized spacial score (nSPS) is 14.8. The number of phosphoric acid groups is 2. The lowest BCUT2D eigenvalue weighted by atomic mass is 10.0. The zero-order chi connectivity index (χ0) is 72.3. The summed E-state index contributed by atoms with van der Waals surface area (Å²) in [7, 11) is -9.79. The van der Waals surface area contributed by atoms with Crippen molar-refractivity contribution in [3.8, 4) is 0 Å². The standard InChI is InChI=1S/C81H138O16P2/c1-4-7-10-13-16-19-22-25-28-30-31-32-33-34-35-36-37-38-39-40-41-42-43-45-48-49-52-55-58-61-64-67-79(84)91-70-76(82)71-93-98(87,88)94-72-77(83)73-95-99(89,90)96-75-78(97-81(86)69-66-63-60-57-54-51-46-27-24-21-18-15-12-9-6-3)74-92-80(85)68-65-62-59-56-53-50-47-44-29-26-23-20-17-14-11-8-5-2/h7-12,16-21,25-29,31-32,34-35,46,76-78,82-83H,4-6,13-15,22-24,30,33,36-45,47-75H2,1-3H3,(H,87,88)(H,89,90)/b10-7-,11-8-,12-9-,19-16-,20-17-,21-18-,28-25-,29-26-,32-31-,35-34-,46-27-. The number of phosphoric ester groups is 2. The summed E-state index contributed by atoms with van der Waals surface area (Å²) in [5.74, 6) is -1.60. The van der Waals surface area contributed by atoms with E-state index < -0.39 is 91.5 Å². The summed E-state index contributed by atoms with van der Waals surface area (Å²) >= 11 is 0. The third-order valence-electron chi connectivity index (χ3n) is 15.9. The van der Waals surface area contributed by atoms with E-state index in [0.29, 0.717) is 19.3 Å². The van der Waals surface area contributed by atoms with Crippen LogP contribution in [0, 0.1) is 0 Å². The molecule has 5 unspecified atom stereocenters. The highest BCUT2D eigenvalue weighted by Crippen LogP contribution is 2.45. The monoisotopic (exact) mass is 1430 g/mol. The first-order chi connectivity index (χ1) is 48.2. The van der Waals surface area contributed by atoms with Crippen molar-refractivity contribution in [1.29, 1.82) is 0 Å². The molecule has 0 bridgehead atoms. The minimum atomic E-state index is -4.94. The lowest BCUT2D eigenvalue weighted by molar-refractivity contribution is -0.161. The molecule has 0 saturated carbocycles. The molecule has 0 aliphatic carbocycles. The summed E-state index contributed by atoms with van der Waals surface area (Å²) in [6.07, 6.45) is 88.0. The van der Waals surface area contributed by atoms with Crippen molar-refractivity contribution < 1.29 is 75.8 Å². The van der Waals surface area contributed by atoms with Crippen LogP contribution >= 0.6 is 15.6 Å². The number of allylic oxidation sites excluding steroid dienone is 22. The van der Waals surface area contributed by atoms with Crippen LogP contribution in [0.25, 0.3) is 0 Å². The zero-order valence-corrected chi connectivity index (χ0v) is 63.7. The van der Waals surface area contributed by atoms with Crippen LogP contribution in [-0.2, 0) is 55.8 Å². The van der Waals surface area contributed by atoms with Crippen LogP contribution in [0.2, 0.25) is 0 Å². The fourth-order valence-electron chi connectivity index (χ4n) is 10.1. The first kappa shape index (κ1) is 94.7. The number of aliphatic hydroxyl groups excluding tert-OH is 2. The van der Waals surface area contributed by atoms with Crippen LogP contribution in [0.4, 0.5) is 0 Å². The Morgan fingerprint density at radius 2 is 0.505 bits per heavy atom. The molecule has 0 rings (SSSR count). The number of hydrogen-bond donors (Lipinski definition) is 4. The summed E-state index contributed by atoms with van der Waals surface area (Å²) < 4.78 is 61.0. The largest absolute Gasteiger partial charge is 0.472 e. The maximum absolute atomic E-state index is 12.9. The van der Waals surface area contributed by atoms with Gasteiger partial charge in [0.2, 0.25) is 0 Å². The molecule has 568 valence electrons. The van der Waals surface area contributed by atoms with Crippen molar-refractivity contribution in [3.05, 3.63) is 134 Å². The summed E-state index contributed by atoms with van der Waals surface area (Å²) in [5, 5.41) is 20.6. The second-order valence-corrected chi connectivity index (χ2v) is 28.3. The van der Waals surface area contributed by atoms with Crippen LogP contribution in [-0.4, -0.2) is 95.9 Å². The fraction of sp³-hybridized carbons (Fsp3) is 0.691. The summed E-state index contributed by atoms with van der Waals surface area (Å²) in [6, 6.07) is 0. The van der Waals surface area contributed by atoms with Crippen LogP contribution < -0.4 is 0 Å². The van der Waals surface area contributed by atoms with Gasteiger partial charge in [0.1, 0.15) is 25.4 Å². The number of unbranched alkanes of at least 4 members (excludes halogenated alkanes) is 27. The highest BCUT2D eigenvalue weighted by Gasteiger charge is 2.29. The van der Waals surface area contributed by atoms with Gasteiger partial charge < -0.3 is 34.2 Å². The van der Waals surface area contributed by atoms with E-state index in [9.17, 15) is 43.5 Å². The van der Waals surface area contributed by atoms with Gasteiger partial charge >= 0.3 is 33.6 Å². The van der Waals surface area contributed by atoms with Crippen molar-refractivity contribution in [1.82, 2.24) is 0 Å². The lowest BCUT2D eigenvalue weighted by Crippen LogP contribution is -2.30. The maximum Gasteiger partial charge on any atom is 0.472 e. The number of ether oxygens (including phenoxy) is 3. The predicted octanol–water partition coefficient (Wildman–Crippen LogP) is 22.3. The molecular formula is C81H138O16P2. The molecule has 0 heterocycles. The van der Waals surface area contributed by atoms with Crippen molar-refractivity contribution in [2.75, 3.05) is 39.6 Å². The van der Waals surface area contributed by atoms with Gasteiger partial charge in [-0.3, -0.25) is 32.5 Å². The highest BCUT2D eigenvalue weighted by atomic mass is 31.2.